The first-order valence-corrected chi connectivity index (χ1v) is 10.2. The fourth-order valence-corrected chi connectivity index (χ4v) is 5.45. The van der Waals surface area contributed by atoms with Crippen molar-refractivity contribution < 1.29 is 41.4 Å². The molecule has 0 unspecified atom stereocenters. The Hall–Kier alpha value is -3.11. The second-order valence-corrected chi connectivity index (χ2v) is 8.57. The lowest BCUT2D eigenvalue weighted by atomic mass is 10.0. The molecule has 0 aliphatic carbocycles. The van der Waals surface area contributed by atoms with Gasteiger partial charge in [-0.1, -0.05) is 42.5 Å². The van der Waals surface area contributed by atoms with Crippen LogP contribution in [0.25, 0.3) is 25.1 Å². The van der Waals surface area contributed by atoms with Crippen molar-refractivity contribution in [3.8, 4) is 4.90 Å². The van der Waals surface area contributed by atoms with E-state index in [1.54, 1.807) is 0 Å². The Balaban J connectivity index is 0.000000198. The fraction of sp³-hybridized carbons (Fsp3) is 0.136. The van der Waals surface area contributed by atoms with Crippen molar-refractivity contribution in [1.29, 1.82) is 0 Å². The highest BCUT2D eigenvalue weighted by Gasteiger charge is 2.71. The monoisotopic (exact) mass is 472 g/mol. The summed E-state index contributed by atoms with van der Waals surface area (Å²) < 4.78 is 71.7. The third-order valence-electron chi connectivity index (χ3n) is 4.60. The summed E-state index contributed by atoms with van der Waals surface area (Å²) in [7, 11) is 0.0594. The van der Waals surface area contributed by atoms with Gasteiger partial charge in [0.25, 0.3) is 5.60 Å². The standard InChI is InChI=1S/C18H13S.C4H2F6O3/c1-2-8-14(9-3-1)19-17-12-6-4-10-15(17)16-11-5-7-13-18(16)19;5-3(6,7)2(13,1(11)12)4(8,9)10/h1-13H;13H,(H,11,12)/q+1;/p-1. The van der Waals surface area contributed by atoms with Crippen molar-refractivity contribution in [2.45, 2.75) is 18.0 Å². The van der Waals surface area contributed by atoms with E-state index in [-0.39, 0.29) is 10.5 Å². The topological polar surface area (TPSA) is 60.4 Å². The van der Waals surface area contributed by atoms with Crippen LogP contribution >= 0.6 is 10.5 Å². The summed E-state index contributed by atoms with van der Waals surface area (Å²) in [4.78, 5) is 10.9. The average Bonchev–Trinajstić information content (AvgIpc) is 3.07. The van der Waals surface area contributed by atoms with E-state index in [1.165, 1.54) is 25.1 Å². The number of halogens is 6. The largest absolute Gasteiger partial charge is 0.546 e. The van der Waals surface area contributed by atoms with Crippen LogP contribution in [0.1, 0.15) is 0 Å². The number of carbonyl (C=O) groups excluding carboxylic acids is 1. The van der Waals surface area contributed by atoms with E-state index in [9.17, 15) is 36.2 Å². The zero-order valence-electron chi connectivity index (χ0n) is 15.9. The molecule has 1 N–H and O–H groups in total. The van der Waals surface area contributed by atoms with Crippen molar-refractivity contribution in [1.82, 2.24) is 0 Å². The summed E-state index contributed by atoms with van der Waals surface area (Å²) in [6.45, 7) is 0. The quantitative estimate of drug-likeness (QED) is 0.317. The van der Waals surface area contributed by atoms with Gasteiger partial charge in [-0.25, -0.2) is 0 Å². The van der Waals surface area contributed by atoms with Crippen molar-refractivity contribution >= 4 is 36.6 Å². The Labute approximate surface area is 180 Å². The third-order valence-corrected chi connectivity index (χ3v) is 6.93. The zero-order chi connectivity index (χ0) is 23.7. The SMILES string of the molecule is O=C([O-])C(O)(C(F)(F)F)C(F)(F)F.c1ccc(-[s+]2c3ccccc3c3ccccc32)cc1. The lowest BCUT2D eigenvalue weighted by Gasteiger charge is -2.32. The minimum absolute atomic E-state index is 0.0594. The molecule has 0 atom stereocenters. The van der Waals surface area contributed by atoms with Gasteiger partial charge in [0.05, 0.1) is 5.97 Å². The van der Waals surface area contributed by atoms with Crippen LogP contribution in [0.15, 0.2) is 78.9 Å². The molecule has 0 aliphatic heterocycles. The lowest BCUT2D eigenvalue weighted by molar-refractivity contribution is -0.402. The number of carboxylic acid groups (broad SMARTS) is 1. The number of benzene rings is 3. The Morgan fingerprint density at radius 2 is 1.06 bits per heavy atom. The number of fused-ring (bicyclic) bond motifs is 3. The normalized spacial score (nSPS) is 12.5. The molecule has 0 bridgehead atoms. The van der Waals surface area contributed by atoms with Crippen LogP contribution in [0, 0.1) is 0 Å². The van der Waals surface area contributed by atoms with E-state index in [2.05, 4.69) is 78.9 Å². The van der Waals surface area contributed by atoms with Crippen LogP contribution in [-0.2, 0) is 4.79 Å². The van der Waals surface area contributed by atoms with Crippen molar-refractivity contribution in [3.63, 3.8) is 0 Å². The summed E-state index contributed by atoms with van der Waals surface area (Å²) in [6, 6.07) is 28.4. The first kappa shape index (κ1) is 23.6. The van der Waals surface area contributed by atoms with Crippen LogP contribution in [0.3, 0.4) is 0 Å². The van der Waals surface area contributed by atoms with E-state index in [0.29, 0.717) is 0 Å². The highest BCUT2D eigenvalue weighted by atomic mass is 32.2. The smallest absolute Gasteiger partial charge is 0.431 e. The van der Waals surface area contributed by atoms with Crippen molar-refractivity contribution in [2.24, 2.45) is 0 Å². The minimum Gasteiger partial charge on any atom is -0.546 e. The van der Waals surface area contributed by atoms with Crippen LogP contribution < -0.4 is 5.11 Å². The average molecular weight is 472 g/mol. The predicted octanol–water partition coefficient (Wildman–Crippen LogP) is 5.32. The summed E-state index contributed by atoms with van der Waals surface area (Å²) in [5, 5.41) is 20.2. The van der Waals surface area contributed by atoms with E-state index >= 15 is 0 Å². The number of hydrogen-bond donors (Lipinski definition) is 1. The van der Waals surface area contributed by atoms with Gasteiger partial charge >= 0.3 is 12.4 Å². The Kier molecular flexibility index (Phi) is 6.21. The van der Waals surface area contributed by atoms with Crippen molar-refractivity contribution in [3.05, 3.63) is 78.9 Å². The van der Waals surface area contributed by atoms with Crippen LogP contribution in [0.2, 0.25) is 0 Å². The Bertz CT molecular complexity index is 1180. The maximum atomic E-state index is 11.5. The van der Waals surface area contributed by atoms with Gasteiger partial charge in [0.2, 0.25) is 0 Å². The third kappa shape index (κ3) is 4.03. The molecule has 4 rings (SSSR count). The van der Waals surface area contributed by atoms with Crippen LogP contribution in [0.5, 0.6) is 0 Å². The second-order valence-electron chi connectivity index (χ2n) is 6.60. The molecule has 1 aromatic heterocycles. The molecule has 4 aromatic rings. The number of thiophene rings is 1. The highest BCUT2D eigenvalue weighted by molar-refractivity contribution is 7.50. The molecule has 10 heteroatoms. The molecule has 3 nitrogen and oxygen atoms in total. The van der Waals surface area contributed by atoms with E-state index in [4.69, 9.17) is 5.11 Å². The lowest BCUT2D eigenvalue weighted by Crippen LogP contribution is -2.66. The number of rotatable bonds is 2. The summed E-state index contributed by atoms with van der Waals surface area (Å²) in [5.41, 5.74) is -5.82. The van der Waals surface area contributed by atoms with Gasteiger partial charge in [-0.2, -0.15) is 26.3 Å². The maximum Gasteiger partial charge on any atom is 0.431 e. The molecule has 0 amide bonds. The molecule has 0 radical (unpaired) electrons. The maximum absolute atomic E-state index is 11.5. The first-order chi connectivity index (χ1) is 14.9. The van der Waals surface area contributed by atoms with Gasteiger partial charge in [0.1, 0.15) is 0 Å². The van der Waals surface area contributed by atoms with Gasteiger partial charge in [0.15, 0.2) is 14.3 Å². The number of aliphatic carboxylic acids is 1. The number of alkyl halides is 6. The summed E-state index contributed by atoms with van der Waals surface area (Å²) in [6.07, 6.45) is -12.7. The number of aliphatic hydroxyl groups is 1. The number of carbonyl (C=O) groups is 1. The minimum atomic E-state index is -6.37. The highest BCUT2D eigenvalue weighted by Crippen LogP contribution is 2.48. The second kappa shape index (κ2) is 8.44. The van der Waals surface area contributed by atoms with Gasteiger partial charge in [-0.05, 0) is 36.4 Å². The molecular formula is C22H14F6O3S. The Morgan fingerprint density at radius 3 is 1.41 bits per heavy atom. The van der Waals surface area contributed by atoms with Gasteiger partial charge in [-0.15, -0.1) is 0 Å². The van der Waals surface area contributed by atoms with E-state index in [1.807, 2.05) is 0 Å². The van der Waals surface area contributed by atoms with Gasteiger partial charge < -0.3 is 15.0 Å². The molecule has 0 saturated carbocycles. The number of hydrogen-bond acceptors (Lipinski definition) is 3. The Morgan fingerprint density at radius 1 is 0.688 bits per heavy atom. The molecule has 0 spiro atoms. The summed E-state index contributed by atoms with van der Waals surface area (Å²) >= 11 is 0. The zero-order valence-corrected chi connectivity index (χ0v) is 16.8. The van der Waals surface area contributed by atoms with Crippen LogP contribution in [0.4, 0.5) is 26.3 Å². The van der Waals surface area contributed by atoms with Crippen molar-refractivity contribution in [2.75, 3.05) is 0 Å². The molecule has 3 aromatic carbocycles. The fourth-order valence-electron chi connectivity index (χ4n) is 3.06. The molecular weight excluding hydrogens is 458 g/mol. The molecule has 0 saturated heterocycles. The van der Waals surface area contributed by atoms with E-state index < -0.39 is 23.9 Å². The van der Waals surface area contributed by atoms with E-state index in [0.717, 1.165) is 0 Å². The van der Waals surface area contributed by atoms with Crippen LogP contribution in [-0.4, -0.2) is 29.0 Å². The van der Waals surface area contributed by atoms with Gasteiger partial charge in [-0.3, -0.25) is 0 Å². The van der Waals surface area contributed by atoms with Gasteiger partial charge in [0, 0.05) is 21.2 Å². The molecule has 168 valence electrons. The molecule has 0 aliphatic rings. The first-order valence-electron chi connectivity index (χ1n) is 8.94. The number of carboxylic acids is 1. The summed E-state index contributed by atoms with van der Waals surface area (Å²) in [5.74, 6) is -3.66. The predicted molar refractivity (Wildman–Crippen MR) is 107 cm³/mol. The molecule has 32 heavy (non-hydrogen) atoms. The molecule has 1 heterocycles. The molecule has 0 fully saturated rings.